The minimum atomic E-state index is -0.135. The molecule has 1 atom stereocenters. The molecule has 0 aromatic carbocycles. The van der Waals surface area contributed by atoms with Gasteiger partial charge in [-0.1, -0.05) is 36.7 Å². The lowest BCUT2D eigenvalue weighted by atomic mass is 10.1. The summed E-state index contributed by atoms with van der Waals surface area (Å²) in [7, 11) is 1.89. The van der Waals surface area contributed by atoms with E-state index in [-0.39, 0.29) is 16.7 Å². The van der Waals surface area contributed by atoms with Gasteiger partial charge in [0.05, 0.1) is 10.5 Å². The number of amides is 1. The topological polar surface area (TPSA) is 46.9 Å². The number of hydrogen-bond donors (Lipinski definition) is 1. The maximum Gasteiger partial charge on any atom is 0.234 e. The Morgan fingerprint density at radius 2 is 2.24 bits per heavy atom. The zero-order chi connectivity index (χ0) is 13.0. The van der Waals surface area contributed by atoms with Crippen LogP contribution >= 0.6 is 15.9 Å². The molecule has 1 heterocycles. The van der Waals surface area contributed by atoms with Crippen LogP contribution in [0.2, 0.25) is 0 Å². The summed E-state index contributed by atoms with van der Waals surface area (Å²) >= 11 is 3.39. The van der Waals surface area contributed by atoms with E-state index in [4.69, 9.17) is 0 Å². The second-order valence-corrected chi connectivity index (χ2v) is 5.48. The molecular weight excluding hydrogens is 282 g/mol. The van der Waals surface area contributed by atoms with Gasteiger partial charge in [-0.2, -0.15) is 5.10 Å². The lowest BCUT2D eigenvalue weighted by Gasteiger charge is -2.13. The third kappa shape index (κ3) is 3.84. The van der Waals surface area contributed by atoms with Crippen molar-refractivity contribution >= 4 is 21.8 Å². The second-order valence-electron chi connectivity index (χ2n) is 4.49. The zero-order valence-electron chi connectivity index (χ0n) is 10.8. The van der Waals surface area contributed by atoms with Gasteiger partial charge in [0.1, 0.15) is 0 Å². The number of nitrogens with one attached hydrogen (secondary N) is 1. The van der Waals surface area contributed by atoms with Gasteiger partial charge >= 0.3 is 0 Å². The predicted molar refractivity (Wildman–Crippen MR) is 72.0 cm³/mol. The fraction of sp³-hybridized carbons (Fsp3) is 0.667. The first kappa shape index (κ1) is 14.2. The Morgan fingerprint density at radius 1 is 1.59 bits per heavy atom. The number of carbonyl (C=O) groups excluding carboxylic acids is 1. The standard InChI is InChI=1S/C12H20BrN3O/c1-5-10-9(7-16(4)15-10)6-14-12(17)11(13)8(2)3/h7-8,11H,5-6H2,1-4H3,(H,14,17). The van der Waals surface area contributed by atoms with E-state index in [9.17, 15) is 4.79 Å². The highest BCUT2D eigenvalue weighted by atomic mass is 79.9. The number of aryl methyl sites for hydroxylation is 2. The van der Waals surface area contributed by atoms with Crippen molar-refractivity contribution in [3.05, 3.63) is 17.5 Å². The molecule has 0 aliphatic rings. The van der Waals surface area contributed by atoms with E-state index in [1.54, 1.807) is 4.68 Å². The highest BCUT2D eigenvalue weighted by Gasteiger charge is 2.18. The summed E-state index contributed by atoms with van der Waals surface area (Å²) in [5.41, 5.74) is 2.13. The van der Waals surface area contributed by atoms with Crippen LogP contribution in [0, 0.1) is 5.92 Å². The molecule has 0 saturated carbocycles. The molecule has 1 aromatic rings. The van der Waals surface area contributed by atoms with Crippen LogP contribution in [-0.2, 0) is 24.8 Å². The van der Waals surface area contributed by atoms with E-state index in [2.05, 4.69) is 33.3 Å². The zero-order valence-corrected chi connectivity index (χ0v) is 12.4. The average Bonchev–Trinajstić information content (AvgIpc) is 2.65. The molecule has 96 valence electrons. The Hall–Kier alpha value is -0.840. The Kier molecular flexibility index (Phi) is 5.18. The summed E-state index contributed by atoms with van der Waals surface area (Å²) < 4.78 is 1.79. The molecular formula is C12H20BrN3O. The van der Waals surface area contributed by atoms with Crippen molar-refractivity contribution in [2.75, 3.05) is 0 Å². The molecule has 0 saturated heterocycles. The van der Waals surface area contributed by atoms with Crippen LogP contribution in [0.4, 0.5) is 0 Å². The van der Waals surface area contributed by atoms with E-state index in [0.717, 1.165) is 17.7 Å². The first-order valence-corrected chi connectivity index (χ1v) is 6.80. The smallest absolute Gasteiger partial charge is 0.234 e. The summed E-state index contributed by atoms with van der Waals surface area (Å²) in [4.78, 5) is 11.6. The van der Waals surface area contributed by atoms with Crippen molar-refractivity contribution in [2.45, 2.75) is 38.6 Å². The molecule has 1 N–H and O–H groups in total. The maximum atomic E-state index is 11.8. The quantitative estimate of drug-likeness (QED) is 0.846. The lowest BCUT2D eigenvalue weighted by Crippen LogP contribution is -2.33. The minimum Gasteiger partial charge on any atom is -0.351 e. The number of nitrogens with zero attached hydrogens (tertiary/aromatic N) is 2. The number of hydrogen-bond acceptors (Lipinski definition) is 2. The lowest BCUT2D eigenvalue weighted by molar-refractivity contribution is -0.121. The van der Waals surface area contributed by atoms with Gasteiger partial charge in [0, 0.05) is 25.4 Å². The largest absolute Gasteiger partial charge is 0.351 e. The molecule has 4 nitrogen and oxygen atoms in total. The fourth-order valence-electron chi connectivity index (χ4n) is 1.61. The summed E-state index contributed by atoms with van der Waals surface area (Å²) in [6.07, 6.45) is 2.84. The molecule has 0 bridgehead atoms. The molecule has 0 aliphatic heterocycles. The first-order chi connectivity index (χ1) is 7.95. The Labute approximate surface area is 111 Å². The molecule has 5 heteroatoms. The monoisotopic (exact) mass is 301 g/mol. The molecule has 0 spiro atoms. The van der Waals surface area contributed by atoms with E-state index >= 15 is 0 Å². The van der Waals surface area contributed by atoms with Gasteiger partial charge in [-0.3, -0.25) is 9.48 Å². The fourth-order valence-corrected chi connectivity index (χ4v) is 1.77. The van der Waals surface area contributed by atoms with Gasteiger partial charge in [0.15, 0.2) is 0 Å². The van der Waals surface area contributed by atoms with E-state index in [0.29, 0.717) is 6.54 Å². The van der Waals surface area contributed by atoms with Gasteiger partial charge in [-0.15, -0.1) is 0 Å². The number of alkyl halides is 1. The molecule has 0 aliphatic carbocycles. The van der Waals surface area contributed by atoms with Crippen molar-refractivity contribution in [3.63, 3.8) is 0 Å². The Balaban J connectivity index is 2.58. The van der Waals surface area contributed by atoms with Crippen molar-refractivity contribution in [3.8, 4) is 0 Å². The van der Waals surface area contributed by atoms with Crippen LogP contribution in [0.3, 0.4) is 0 Å². The molecule has 1 amide bonds. The maximum absolute atomic E-state index is 11.8. The van der Waals surface area contributed by atoms with Gasteiger partial charge < -0.3 is 5.32 Å². The molecule has 1 aromatic heterocycles. The van der Waals surface area contributed by atoms with Crippen molar-refractivity contribution in [1.29, 1.82) is 0 Å². The highest BCUT2D eigenvalue weighted by Crippen LogP contribution is 2.12. The van der Waals surface area contributed by atoms with Gasteiger partial charge in [0.25, 0.3) is 0 Å². The van der Waals surface area contributed by atoms with Crippen molar-refractivity contribution in [1.82, 2.24) is 15.1 Å². The van der Waals surface area contributed by atoms with Crippen LogP contribution in [0.25, 0.3) is 0 Å². The number of rotatable bonds is 5. The molecule has 0 fully saturated rings. The predicted octanol–water partition coefficient (Wildman–Crippen LogP) is 2.02. The Bertz CT molecular complexity index is 387. The van der Waals surface area contributed by atoms with Crippen molar-refractivity contribution in [2.24, 2.45) is 13.0 Å². The summed E-state index contributed by atoms with van der Waals surface area (Å²) in [5, 5.41) is 7.27. The number of aromatic nitrogens is 2. The van der Waals surface area contributed by atoms with Crippen LogP contribution < -0.4 is 5.32 Å². The summed E-state index contributed by atoms with van der Waals surface area (Å²) in [6, 6.07) is 0. The Morgan fingerprint density at radius 3 is 2.76 bits per heavy atom. The van der Waals surface area contributed by atoms with E-state index in [1.165, 1.54) is 0 Å². The van der Waals surface area contributed by atoms with E-state index < -0.39 is 0 Å². The third-order valence-electron chi connectivity index (χ3n) is 2.62. The van der Waals surface area contributed by atoms with Crippen LogP contribution in [0.5, 0.6) is 0 Å². The van der Waals surface area contributed by atoms with Gasteiger partial charge in [-0.05, 0) is 12.3 Å². The third-order valence-corrected chi connectivity index (χ3v) is 4.09. The summed E-state index contributed by atoms with van der Waals surface area (Å²) in [6.45, 7) is 6.64. The van der Waals surface area contributed by atoms with Crippen LogP contribution in [-0.4, -0.2) is 20.5 Å². The second kappa shape index (κ2) is 6.19. The minimum absolute atomic E-state index is 0.0332. The SMILES string of the molecule is CCc1nn(C)cc1CNC(=O)C(Br)C(C)C. The molecule has 17 heavy (non-hydrogen) atoms. The van der Waals surface area contributed by atoms with Crippen LogP contribution in [0.15, 0.2) is 6.20 Å². The first-order valence-electron chi connectivity index (χ1n) is 5.88. The van der Waals surface area contributed by atoms with Crippen LogP contribution in [0.1, 0.15) is 32.0 Å². The summed E-state index contributed by atoms with van der Waals surface area (Å²) in [5.74, 6) is 0.320. The normalized spacial score (nSPS) is 12.8. The molecule has 1 rings (SSSR count). The number of halogens is 1. The van der Waals surface area contributed by atoms with E-state index in [1.807, 2.05) is 27.1 Å². The average molecular weight is 302 g/mol. The van der Waals surface area contributed by atoms with Gasteiger partial charge in [-0.25, -0.2) is 0 Å². The van der Waals surface area contributed by atoms with Gasteiger partial charge in [0.2, 0.25) is 5.91 Å². The number of carbonyl (C=O) groups is 1. The molecule has 0 radical (unpaired) electrons. The van der Waals surface area contributed by atoms with Crippen molar-refractivity contribution < 1.29 is 4.79 Å². The highest BCUT2D eigenvalue weighted by molar-refractivity contribution is 9.10. The molecule has 1 unspecified atom stereocenters.